The molecule has 0 saturated carbocycles. The minimum absolute atomic E-state index is 0.0274. The Balaban J connectivity index is 1.95. The number of aliphatic imine (C=N–C) groups is 1. The number of carboxylic acids is 1. The number of hydrogen-bond donors (Lipinski definition) is 4. The molecule has 2 rings (SSSR count). The number of anilines is 1. The summed E-state index contributed by atoms with van der Waals surface area (Å²) in [5, 5.41) is 12.0. The maximum Gasteiger partial charge on any atom is 0.326 e. The van der Waals surface area contributed by atoms with Crippen LogP contribution in [0.15, 0.2) is 35.3 Å². The summed E-state index contributed by atoms with van der Waals surface area (Å²) in [5.41, 5.74) is 11.5. The van der Waals surface area contributed by atoms with Crippen LogP contribution in [-0.4, -0.2) is 48.1 Å². The van der Waals surface area contributed by atoms with Crippen LogP contribution in [0.5, 0.6) is 0 Å². The number of guanidine groups is 1. The second-order valence-corrected chi connectivity index (χ2v) is 6.04. The number of hydrogen-bond acceptors (Lipinski definition) is 4. The summed E-state index contributed by atoms with van der Waals surface area (Å²) in [5.74, 6) is -1.33. The number of benzene rings is 1. The van der Waals surface area contributed by atoms with Gasteiger partial charge in [-0.15, -0.1) is 0 Å². The van der Waals surface area contributed by atoms with Crippen LogP contribution in [0.2, 0.25) is 0 Å². The zero-order valence-electron chi connectivity index (χ0n) is 14.1. The third kappa shape index (κ3) is 5.37. The first kappa shape index (κ1) is 18.6. The van der Waals surface area contributed by atoms with Gasteiger partial charge in [-0.2, -0.15) is 0 Å². The number of carbonyl (C=O) groups excluding carboxylic acids is 1. The number of nitrogens with two attached hydrogens (primary N) is 2. The van der Waals surface area contributed by atoms with E-state index in [1.807, 2.05) is 35.2 Å². The van der Waals surface area contributed by atoms with Crippen molar-refractivity contribution in [3.05, 3.63) is 30.3 Å². The molecule has 1 aromatic rings. The van der Waals surface area contributed by atoms with Crippen LogP contribution in [-0.2, 0) is 9.59 Å². The van der Waals surface area contributed by atoms with Gasteiger partial charge in [0.25, 0.3) is 0 Å². The summed E-state index contributed by atoms with van der Waals surface area (Å²) in [6, 6.07) is 8.39. The largest absolute Gasteiger partial charge is 0.480 e. The van der Waals surface area contributed by atoms with Gasteiger partial charge in [0.1, 0.15) is 12.1 Å². The van der Waals surface area contributed by atoms with Gasteiger partial charge in [-0.25, -0.2) is 4.79 Å². The van der Waals surface area contributed by atoms with Crippen molar-refractivity contribution in [3.63, 3.8) is 0 Å². The molecule has 1 saturated heterocycles. The molecule has 1 fully saturated rings. The Morgan fingerprint density at radius 3 is 2.68 bits per heavy atom. The summed E-state index contributed by atoms with van der Waals surface area (Å²) in [7, 11) is 0. The van der Waals surface area contributed by atoms with Crippen molar-refractivity contribution in [2.45, 2.75) is 37.8 Å². The highest BCUT2D eigenvalue weighted by Gasteiger charge is 2.33. The monoisotopic (exact) mass is 347 g/mol. The fourth-order valence-electron chi connectivity index (χ4n) is 3.00. The Hall–Kier alpha value is -2.77. The van der Waals surface area contributed by atoms with Crippen molar-refractivity contribution < 1.29 is 14.7 Å². The van der Waals surface area contributed by atoms with Crippen LogP contribution >= 0.6 is 0 Å². The van der Waals surface area contributed by atoms with Crippen LogP contribution in [0, 0.1) is 0 Å². The molecule has 8 heteroatoms. The molecular formula is C17H25N5O3. The number of nitrogens with zero attached hydrogens (tertiary/aromatic N) is 2. The average Bonchev–Trinajstić information content (AvgIpc) is 3.07. The van der Waals surface area contributed by atoms with E-state index in [9.17, 15) is 14.7 Å². The molecule has 6 N–H and O–H groups in total. The number of aliphatic carboxylic acids is 1. The zero-order valence-corrected chi connectivity index (χ0v) is 14.1. The van der Waals surface area contributed by atoms with E-state index in [2.05, 4.69) is 10.3 Å². The standard InChI is InChI=1S/C17H25N5O3/c18-17(19)20-10-4-8-13(16(24)25)21-15(23)14-9-5-11-22(14)12-6-2-1-3-7-12/h1-3,6-7,13-14H,4-5,8-11H2,(H,21,23)(H,24,25)(H4,18,19,20). The van der Waals surface area contributed by atoms with Crippen molar-refractivity contribution >= 4 is 23.5 Å². The fraction of sp³-hybridized carbons (Fsp3) is 0.471. The molecule has 0 aromatic heterocycles. The lowest BCUT2D eigenvalue weighted by atomic mass is 10.1. The number of rotatable bonds is 8. The predicted molar refractivity (Wildman–Crippen MR) is 96.3 cm³/mol. The second kappa shape index (κ2) is 8.91. The fourth-order valence-corrected chi connectivity index (χ4v) is 3.00. The minimum Gasteiger partial charge on any atom is -0.480 e. The molecule has 1 aromatic carbocycles. The van der Waals surface area contributed by atoms with E-state index < -0.39 is 12.0 Å². The van der Waals surface area contributed by atoms with Gasteiger partial charge < -0.3 is 26.8 Å². The van der Waals surface area contributed by atoms with Gasteiger partial charge >= 0.3 is 5.97 Å². The van der Waals surface area contributed by atoms with Gasteiger partial charge in [0.2, 0.25) is 5.91 Å². The Labute approximate surface area is 146 Å². The average molecular weight is 347 g/mol. The lowest BCUT2D eigenvalue weighted by Crippen LogP contribution is -2.49. The van der Waals surface area contributed by atoms with E-state index in [0.717, 1.165) is 18.7 Å². The molecule has 0 radical (unpaired) electrons. The molecular weight excluding hydrogens is 322 g/mol. The summed E-state index contributed by atoms with van der Waals surface area (Å²) in [6.07, 6.45) is 2.36. The molecule has 0 bridgehead atoms. The number of amides is 1. The van der Waals surface area contributed by atoms with Gasteiger partial charge in [-0.3, -0.25) is 9.79 Å². The highest BCUT2D eigenvalue weighted by atomic mass is 16.4. The smallest absolute Gasteiger partial charge is 0.326 e. The normalized spacial score (nSPS) is 17.8. The third-order valence-electron chi connectivity index (χ3n) is 4.20. The van der Waals surface area contributed by atoms with Crippen molar-refractivity contribution in [2.75, 3.05) is 18.0 Å². The Bertz CT molecular complexity index is 616. The Morgan fingerprint density at radius 1 is 1.32 bits per heavy atom. The first-order valence-corrected chi connectivity index (χ1v) is 8.39. The van der Waals surface area contributed by atoms with Crippen molar-refractivity contribution in [1.29, 1.82) is 0 Å². The Kier molecular flexibility index (Phi) is 6.62. The molecule has 1 heterocycles. The van der Waals surface area contributed by atoms with Crippen molar-refractivity contribution in [3.8, 4) is 0 Å². The maximum absolute atomic E-state index is 12.6. The molecule has 1 aliphatic heterocycles. The van der Waals surface area contributed by atoms with Crippen LogP contribution in [0.25, 0.3) is 0 Å². The Morgan fingerprint density at radius 2 is 2.04 bits per heavy atom. The summed E-state index contributed by atoms with van der Waals surface area (Å²) in [4.78, 5) is 29.9. The van der Waals surface area contributed by atoms with E-state index in [0.29, 0.717) is 19.4 Å². The molecule has 136 valence electrons. The van der Waals surface area contributed by atoms with E-state index in [4.69, 9.17) is 11.5 Å². The molecule has 25 heavy (non-hydrogen) atoms. The second-order valence-electron chi connectivity index (χ2n) is 6.04. The molecule has 1 aliphatic rings. The van der Waals surface area contributed by atoms with E-state index >= 15 is 0 Å². The predicted octanol–water partition coefficient (Wildman–Crippen LogP) is 0.278. The highest BCUT2D eigenvalue weighted by molar-refractivity contribution is 5.89. The molecule has 8 nitrogen and oxygen atoms in total. The number of nitrogens with one attached hydrogen (secondary N) is 1. The van der Waals surface area contributed by atoms with E-state index in [-0.39, 0.29) is 24.3 Å². The maximum atomic E-state index is 12.6. The number of carbonyl (C=O) groups is 2. The summed E-state index contributed by atoms with van der Waals surface area (Å²) in [6.45, 7) is 1.12. The summed E-state index contributed by atoms with van der Waals surface area (Å²) >= 11 is 0. The topological polar surface area (TPSA) is 134 Å². The first-order valence-electron chi connectivity index (χ1n) is 8.39. The van der Waals surface area contributed by atoms with E-state index in [1.165, 1.54) is 0 Å². The molecule has 2 atom stereocenters. The van der Waals surface area contributed by atoms with Gasteiger partial charge in [-0.05, 0) is 37.8 Å². The van der Waals surface area contributed by atoms with Gasteiger partial charge in [0, 0.05) is 18.8 Å². The highest BCUT2D eigenvalue weighted by Crippen LogP contribution is 2.25. The molecule has 1 amide bonds. The minimum atomic E-state index is -1.05. The van der Waals surface area contributed by atoms with Crippen molar-refractivity contribution in [2.24, 2.45) is 16.5 Å². The molecule has 0 spiro atoms. The van der Waals surface area contributed by atoms with Crippen LogP contribution in [0.3, 0.4) is 0 Å². The quantitative estimate of drug-likeness (QED) is 0.303. The van der Waals surface area contributed by atoms with Gasteiger partial charge in [0.05, 0.1) is 0 Å². The number of carboxylic acid groups (broad SMARTS) is 1. The molecule has 0 aliphatic carbocycles. The van der Waals surface area contributed by atoms with Gasteiger partial charge in [0.15, 0.2) is 5.96 Å². The van der Waals surface area contributed by atoms with Gasteiger partial charge in [-0.1, -0.05) is 18.2 Å². The zero-order chi connectivity index (χ0) is 18.2. The van der Waals surface area contributed by atoms with Crippen molar-refractivity contribution in [1.82, 2.24) is 5.32 Å². The van der Waals surface area contributed by atoms with Crippen LogP contribution in [0.1, 0.15) is 25.7 Å². The van der Waals surface area contributed by atoms with Crippen LogP contribution < -0.4 is 21.7 Å². The summed E-state index contributed by atoms with van der Waals surface area (Å²) < 4.78 is 0. The van der Waals surface area contributed by atoms with Crippen LogP contribution in [0.4, 0.5) is 5.69 Å². The van der Waals surface area contributed by atoms with E-state index in [1.54, 1.807) is 0 Å². The SMILES string of the molecule is NC(N)=NCCCC(NC(=O)C1CCCN1c1ccccc1)C(=O)O. The first-order chi connectivity index (χ1) is 12.0. The lowest BCUT2D eigenvalue weighted by molar-refractivity contribution is -0.142. The lowest BCUT2D eigenvalue weighted by Gasteiger charge is -2.27. The molecule has 2 unspecified atom stereocenters. The number of para-hydroxylation sites is 1. The third-order valence-corrected chi connectivity index (χ3v) is 4.20.